The molecule has 1 radical (unpaired) electrons. The number of hydrogen-bond acceptors (Lipinski definition) is 0. The Morgan fingerprint density at radius 3 is 1.67 bits per heavy atom. The van der Waals surface area contributed by atoms with Crippen molar-refractivity contribution in [2.75, 3.05) is 11.5 Å². The molecule has 37 valence electrons. The third kappa shape index (κ3) is 1.21. The first-order valence-electron chi connectivity index (χ1n) is 2.63. The van der Waals surface area contributed by atoms with Crippen LogP contribution in [-0.4, -0.2) is 11.5 Å². The first kappa shape index (κ1) is 4.51. The van der Waals surface area contributed by atoms with E-state index in [0.717, 1.165) is 0 Å². The summed E-state index contributed by atoms with van der Waals surface area (Å²) in [5.74, 6) is 2.94. The van der Waals surface area contributed by atoms with Gasteiger partial charge in [-0.2, -0.15) is 0 Å². The summed E-state index contributed by atoms with van der Waals surface area (Å²) in [6, 6.07) is 0. The van der Waals surface area contributed by atoms with Gasteiger partial charge in [0.1, 0.15) is 0 Å². The van der Waals surface area contributed by atoms with Crippen molar-refractivity contribution in [2.24, 2.45) is 0 Å². The van der Waals surface area contributed by atoms with Crippen LogP contribution in [0.1, 0.15) is 19.3 Å². The van der Waals surface area contributed by atoms with Gasteiger partial charge in [-0.15, -0.1) is 0 Å². The summed E-state index contributed by atoms with van der Waals surface area (Å²) in [6.07, 6.45) is 4.47. The SMILES string of the molecule is C1CC[SH]CC1. The van der Waals surface area contributed by atoms with Gasteiger partial charge in [0.05, 0.1) is 0 Å². The largest absolute Gasteiger partial charge is 0.224 e. The van der Waals surface area contributed by atoms with Crippen LogP contribution in [0.4, 0.5) is 0 Å². The predicted octanol–water partition coefficient (Wildman–Crippen LogP) is 1.64. The molecule has 0 N–H and O–H groups in total. The van der Waals surface area contributed by atoms with Crippen LogP contribution in [0.15, 0.2) is 0 Å². The number of rotatable bonds is 0. The van der Waals surface area contributed by atoms with E-state index in [4.69, 9.17) is 0 Å². The van der Waals surface area contributed by atoms with E-state index in [-0.39, 0.29) is 0 Å². The van der Waals surface area contributed by atoms with Crippen molar-refractivity contribution in [3.8, 4) is 0 Å². The average molecular weight is 103 g/mol. The van der Waals surface area contributed by atoms with Gasteiger partial charge in [-0.05, 0) is 24.3 Å². The maximum atomic E-state index is 1.70. The van der Waals surface area contributed by atoms with Crippen molar-refractivity contribution >= 4 is 11.8 Å². The maximum Gasteiger partial charge on any atom is -0.0183 e. The summed E-state index contributed by atoms with van der Waals surface area (Å²) >= 11 is 1.70. The summed E-state index contributed by atoms with van der Waals surface area (Å²) in [4.78, 5) is 0. The zero-order valence-electron chi connectivity index (χ0n) is 3.98. The van der Waals surface area contributed by atoms with Crippen molar-refractivity contribution in [3.05, 3.63) is 0 Å². The van der Waals surface area contributed by atoms with E-state index in [9.17, 15) is 0 Å². The first-order valence-corrected chi connectivity index (χ1v) is 3.90. The van der Waals surface area contributed by atoms with Crippen molar-refractivity contribution < 1.29 is 0 Å². The first-order chi connectivity index (χ1) is 3.00. The Hall–Kier alpha value is 0.350. The zero-order chi connectivity index (χ0) is 4.24. The van der Waals surface area contributed by atoms with Crippen LogP contribution in [0, 0.1) is 0 Å². The van der Waals surface area contributed by atoms with Crippen LogP contribution in [0.3, 0.4) is 0 Å². The van der Waals surface area contributed by atoms with Crippen molar-refractivity contribution in [3.63, 3.8) is 0 Å². The van der Waals surface area contributed by atoms with Crippen LogP contribution >= 0.6 is 11.8 Å². The number of thiol groups is 1. The minimum atomic E-state index is 1.47. The van der Waals surface area contributed by atoms with Gasteiger partial charge in [-0.25, -0.2) is 11.8 Å². The van der Waals surface area contributed by atoms with Gasteiger partial charge in [0.15, 0.2) is 0 Å². The van der Waals surface area contributed by atoms with Gasteiger partial charge < -0.3 is 0 Å². The van der Waals surface area contributed by atoms with Crippen LogP contribution in [0.5, 0.6) is 0 Å². The molecule has 0 bridgehead atoms. The molecule has 1 rings (SSSR count). The molecule has 1 heteroatoms. The highest BCUT2D eigenvalue weighted by Crippen LogP contribution is 2.14. The zero-order valence-corrected chi connectivity index (χ0v) is 4.88. The lowest BCUT2D eigenvalue weighted by Crippen LogP contribution is -1.91. The minimum absolute atomic E-state index is 1.47. The second-order valence-electron chi connectivity index (χ2n) is 1.73. The third-order valence-electron chi connectivity index (χ3n) is 1.13. The van der Waals surface area contributed by atoms with Gasteiger partial charge in [0.25, 0.3) is 0 Å². The van der Waals surface area contributed by atoms with Gasteiger partial charge in [-0.3, -0.25) is 0 Å². The summed E-state index contributed by atoms with van der Waals surface area (Å²) < 4.78 is 0. The molecule has 0 spiro atoms. The summed E-state index contributed by atoms with van der Waals surface area (Å²) in [7, 11) is 0. The minimum Gasteiger partial charge on any atom is -0.224 e. The molecule has 0 unspecified atom stereocenters. The standard InChI is InChI=1S/C5H11S/c1-2-4-6-5-3-1/h6H,1-5H2. The lowest BCUT2D eigenvalue weighted by Gasteiger charge is -2.07. The number of hydrogen-bond donors (Lipinski definition) is 1. The van der Waals surface area contributed by atoms with E-state index in [1.807, 2.05) is 0 Å². The second-order valence-corrected chi connectivity index (χ2v) is 3.07. The average Bonchev–Trinajstić information content (AvgIpc) is 1.72. The molecule has 1 heterocycles. The molecule has 1 saturated heterocycles. The summed E-state index contributed by atoms with van der Waals surface area (Å²) in [5, 5.41) is 0. The van der Waals surface area contributed by atoms with Crippen LogP contribution in [0.25, 0.3) is 0 Å². The summed E-state index contributed by atoms with van der Waals surface area (Å²) in [5.41, 5.74) is 0. The second kappa shape index (κ2) is 2.51. The molecular weight excluding hydrogens is 92.1 g/mol. The Kier molecular flexibility index (Phi) is 1.89. The molecule has 6 heavy (non-hydrogen) atoms. The van der Waals surface area contributed by atoms with Gasteiger partial charge in [-0.1, -0.05) is 6.42 Å². The van der Waals surface area contributed by atoms with E-state index in [2.05, 4.69) is 0 Å². The van der Waals surface area contributed by atoms with E-state index >= 15 is 0 Å². The van der Waals surface area contributed by atoms with E-state index in [1.54, 1.807) is 11.8 Å². The van der Waals surface area contributed by atoms with Gasteiger partial charge in [0.2, 0.25) is 0 Å². The fourth-order valence-electron chi connectivity index (χ4n) is 0.736. The fourth-order valence-corrected chi connectivity index (χ4v) is 1.85. The monoisotopic (exact) mass is 103 g/mol. The Balaban J connectivity index is 2.00. The molecule has 1 aliphatic heterocycles. The molecule has 0 aromatic rings. The molecular formula is C5H11S. The molecule has 0 amide bonds. The molecule has 0 aliphatic carbocycles. The highest BCUT2D eigenvalue weighted by atomic mass is 32.2. The van der Waals surface area contributed by atoms with Crippen molar-refractivity contribution in [2.45, 2.75) is 19.3 Å². The van der Waals surface area contributed by atoms with Crippen LogP contribution in [-0.2, 0) is 0 Å². The predicted molar refractivity (Wildman–Crippen MR) is 32.6 cm³/mol. The lowest BCUT2D eigenvalue weighted by molar-refractivity contribution is 0.764. The molecule has 1 aliphatic rings. The van der Waals surface area contributed by atoms with Gasteiger partial charge in [0, 0.05) is 0 Å². The Morgan fingerprint density at radius 1 is 0.833 bits per heavy atom. The Labute approximate surface area is 43.3 Å². The normalized spacial score (nSPS) is 24.0. The molecule has 0 aromatic heterocycles. The molecule has 1 fully saturated rings. The van der Waals surface area contributed by atoms with E-state index in [1.165, 1.54) is 30.8 Å². The quantitative estimate of drug-likeness (QED) is 0.443. The Morgan fingerprint density at radius 2 is 1.50 bits per heavy atom. The highest BCUT2D eigenvalue weighted by molar-refractivity contribution is 7.99. The van der Waals surface area contributed by atoms with E-state index < -0.39 is 0 Å². The topological polar surface area (TPSA) is 0 Å². The van der Waals surface area contributed by atoms with E-state index in [0.29, 0.717) is 0 Å². The molecule has 0 saturated carbocycles. The lowest BCUT2D eigenvalue weighted by atomic mass is 10.3. The highest BCUT2D eigenvalue weighted by Gasteiger charge is 1.94. The van der Waals surface area contributed by atoms with Crippen LogP contribution in [0.2, 0.25) is 0 Å². The third-order valence-corrected chi connectivity index (χ3v) is 2.40. The smallest absolute Gasteiger partial charge is 0.0183 e. The van der Waals surface area contributed by atoms with Gasteiger partial charge >= 0.3 is 0 Å². The fraction of sp³-hybridized carbons (Fsp3) is 1.00. The van der Waals surface area contributed by atoms with Crippen LogP contribution < -0.4 is 0 Å². The van der Waals surface area contributed by atoms with Crippen molar-refractivity contribution in [1.29, 1.82) is 0 Å². The Bertz CT molecular complexity index is 19.4. The summed E-state index contributed by atoms with van der Waals surface area (Å²) in [6.45, 7) is 0. The maximum absolute atomic E-state index is 1.70. The molecule has 0 aromatic carbocycles. The van der Waals surface area contributed by atoms with Crippen molar-refractivity contribution in [1.82, 2.24) is 0 Å². The molecule has 0 nitrogen and oxygen atoms in total. The molecule has 0 atom stereocenters.